The van der Waals surface area contributed by atoms with Crippen LogP contribution in [0.1, 0.15) is 49.9 Å². The Labute approximate surface area is 116 Å². The van der Waals surface area contributed by atoms with E-state index in [1.807, 2.05) is 30.3 Å². The maximum Gasteiger partial charge on any atom is 0.176 e. The van der Waals surface area contributed by atoms with Gasteiger partial charge in [-0.25, -0.2) is 0 Å². The van der Waals surface area contributed by atoms with Crippen LogP contribution in [0.15, 0.2) is 30.3 Å². The van der Waals surface area contributed by atoms with Crippen molar-refractivity contribution < 1.29 is 4.79 Å². The number of hydrogen-bond donors (Lipinski definition) is 0. The second-order valence-corrected chi connectivity index (χ2v) is 6.60. The zero-order valence-corrected chi connectivity index (χ0v) is 12.4. The molecule has 1 aromatic rings. The highest BCUT2D eigenvalue weighted by molar-refractivity contribution is 5.97. The monoisotopic (exact) mass is 259 g/mol. The highest BCUT2D eigenvalue weighted by atomic mass is 16.1. The van der Waals surface area contributed by atoms with E-state index in [9.17, 15) is 4.79 Å². The minimum atomic E-state index is 0.230. The van der Waals surface area contributed by atoms with Crippen LogP contribution < -0.4 is 0 Å². The van der Waals surface area contributed by atoms with Gasteiger partial charge in [-0.2, -0.15) is 0 Å². The standard InChI is InChI=1S/C17H25NO/c1-17(2)11-9-15(10-12-17)18(3)13-16(19)14-7-5-4-6-8-14/h4-8,15H,9-13H2,1-3H3. The van der Waals surface area contributed by atoms with Gasteiger partial charge in [0.15, 0.2) is 5.78 Å². The van der Waals surface area contributed by atoms with Crippen LogP contribution in [0, 0.1) is 5.41 Å². The summed E-state index contributed by atoms with van der Waals surface area (Å²) in [7, 11) is 2.09. The molecule has 0 unspecified atom stereocenters. The van der Waals surface area contributed by atoms with E-state index in [-0.39, 0.29) is 5.78 Å². The molecule has 0 spiro atoms. The van der Waals surface area contributed by atoms with E-state index in [0.717, 1.165) is 5.56 Å². The Bertz CT molecular complexity index is 414. The van der Waals surface area contributed by atoms with Gasteiger partial charge in [0.1, 0.15) is 0 Å². The Morgan fingerprint density at radius 1 is 1.21 bits per heavy atom. The minimum Gasteiger partial charge on any atom is -0.296 e. The molecule has 1 aliphatic carbocycles. The molecule has 1 saturated carbocycles. The lowest BCUT2D eigenvalue weighted by Gasteiger charge is -2.38. The van der Waals surface area contributed by atoms with Gasteiger partial charge in [0, 0.05) is 11.6 Å². The van der Waals surface area contributed by atoms with Gasteiger partial charge in [0.25, 0.3) is 0 Å². The topological polar surface area (TPSA) is 20.3 Å². The molecule has 0 amide bonds. The molecule has 0 N–H and O–H groups in total. The third kappa shape index (κ3) is 3.90. The molecule has 1 aromatic carbocycles. The van der Waals surface area contributed by atoms with Crippen molar-refractivity contribution in [3.63, 3.8) is 0 Å². The van der Waals surface area contributed by atoms with E-state index in [0.29, 0.717) is 18.0 Å². The highest BCUT2D eigenvalue weighted by Gasteiger charge is 2.29. The van der Waals surface area contributed by atoms with Crippen LogP contribution in [-0.4, -0.2) is 30.3 Å². The summed E-state index contributed by atoms with van der Waals surface area (Å²) >= 11 is 0. The molecule has 104 valence electrons. The van der Waals surface area contributed by atoms with Gasteiger partial charge in [-0.1, -0.05) is 44.2 Å². The number of nitrogens with zero attached hydrogens (tertiary/aromatic N) is 1. The number of benzene rings is 1. The van der Waals surface area contributed by atoms with E-state index in [1.165, 1.54) is 25.7 Å². The Morgan fingerprint density at radius 2 is 1.79 bits per heavy atom. The second kappa shape index (κ2) is 5.87. The lowest BCUT2D eigenvalue weighted by molar-refractivity contribution is 0.0851. The van der Waals surface area contributed by atoms with Gasteiger partial charge < -0.3 is 0 Å². The predicted molar refractivity (Wildman–Crippen MR) is 79.4 cm³/mol. The Balaban J connectivity index is 1.88. The summed E-state index contributed by atoms with van der Waals surface area (Å²) in [6.07, 6.45) is 4.96. The van der Waals surface area contributed by atoms with Gasteiger partial charge in [-0.15, -0.1) is 0 Å². The number of carbonyl (C=O) groups excluding carboxylic acids is 1. The largest absolute Gasteiger partial charge is 0.296 e. The molecule has 2 nitrogen and oxygen atoms in total. The number of hydrogen-bond acceptors (Lipinski definition) is 2. The third-order valence-corrected chi connectivity index (χ3v) is 4.42. The molecule has 0 bridgehead atoms. The molecular formula is C17H25NO. The molecule has 19 heavy (non-hydrogen) atoms. The molecular weight excluding hydrogens is 234 g/mol. The number of ketones is 1. The lowest BCUT2D eigenvalue weighted by atomic mass is 9.75. The first-order valence-electron chi connectivity index (χ1n) is 7.26. The predicted octanol–water partition coefficient (Wildman–Crippen LogP) is 3.77. The molecule has 0 saturated heterocycles. The van der Waals surface area contributed by atoms with Crippen LogP contribution in [0.25, 0.3) is 0 Å². The van der Waals surface area contributed by atoms with Crippen molar-refractivity contribution >= 4 is 5.78 Å². The number of carbonyl (C=O) groups is 1. The van der Waals surface area contributed by atoms with E-state index in [1.54, 1.807) is 0 Å². The normalized spacial score (nSPS) is 19.6. The Hall–Kier alpha value is -1.15. The Morgan fingerprint density at radius 3 is 2.37 bits per heavy atom. The summed E-state index contributed by atoms with van der Waals surface area (Å²) in [6, 6.07) is 10.2. The number of likely N-dealkylation sites (N-methyl/N-ethyl adjacent to an activating group) is 1. The van der Waals surface area contributed by atoms with Crippen molar-refractivity contribution in [2.75, 3.05) is 13.6 Å². The van der Waals surface area contributed by atoms with Crippen LogP contribution in [0.4, 0.5) is 0 Å². The van der Waals surface area contributed by atoms with Crippen molar-refractivity contribution in [1.29, 1.82) is 0 Å². The first-order valence-corrected chi connectivity index (χ1v) is 7.26. The molecule has 1 fully saturated rings. The number of Topliss-reactive ketones (excluding diaryl/α,β-unsaturated/α-hetero) is 1. The summed E-state index contributed by atoms with van der Waals surface area (Å²) in [5, 5.41) is 0. The van der Waals surface area contributed by atoms with Crippen LogP contribution in [0.5, 0.6) is 0 Å². The van der Waals surface area contributed by atoms with E-state index in [4.69, 9.17) is 0 Å². The SMILES string of the molecule is CN(CC(=O)c1ccccc1)C1CCC(C)(C)CC1. The summed E-state index contributed by atoms with van der Waals surface area (Å²) < 4.78 is 0. The first-order chi connectivity index (χ1) is 8.98. The fraction of sp³-hybridized carbons (Fsp3) is 0.588. The fourth-order valence-electron chi connectivity index (χ4n) is 2.90. The summed E-state index contributed by atoms with van der Waals surface area (Å²) in [5.41, 5.74) is 1.31. The molecule has 0 atom stereocenters. The maximum atomic E-state index is 12.2. The van der Waals surface area contributed by atoms with Gasteiger partial charge in [0.2, 0.25) is 0 Å². The zero-order chi connectivity index (χ0) is 13.9. The quantitative estimate of drug-likeness (QED) is 0.767. The molecule has 0 aliphatic heterocycles. The molecule has 0 heterocycles. The van der Waals surface area contributed by atoms with Crippen LogP contribution in [0.2, 0.25) is 0 Å². The van der Waals surface area contributed by atoms with Gasteiger partial charge >= 0.3 is 0 Å². The fourth-order valence-corrected chi connectivity index (χ4v) is 2.90. The van der Waals surface area contributed by atoms with Crippen molar-refractivity contribution in [2.24, 2.45) is 5.41 Å². The molecule has 1 aliphatic rings. The van der Waals surface area contributed by atoms with Gasteiger partial charge in [-0.05, 0) is 38.1 Å². The first kappa shape index (κ1) is 14.3. The average Bonchev–Trinajstić information content (AvgIpc) is 2.39. The third-order valence-electron chi connectivity index (χ3n) is 4.42. The Kier molecular flexibility index (Phi) is 4.41. The van der Waals surface area contributed by atoms with Gasteiger partial charge in [-0.3, -0.25) is 9.69 Å². The second-order valence-electron chi connectivity index (χ2n) is 6.60. The summed E-state index contributed by atoms with van der Waals surface area (Å²) in [6.45, 7) is 5.23. The van der Waals surface area contributed by atoms with E-state index in [2.05, 4.69) is 25.8 Å². The average molecular weight is 259 g/mol. The van der Waals surface area contributed by atoms with Crippen LogP contribution in [0.3, 0.4) is 0 Å². The molecule has 2 heteroatoms. The number of rotatable bonds is 4. The molecule has 0 radical (unpaired) electrons. The summed E-state index contributed by atoms with van der Waals surface area (Å²) in [5.74, 6) is 0.230. The van der Waals surface area contributed by atoms with Crippen molar-refractivity contribution in [1.82, 2.24) is 4.90 Å². The van der Waals surface area contributed by atoms with Crippen LogP contribution in [-0.2, 0) is 0 Å². The van der Waals surface area contributed by atoms with Crippen LogP contribution >= 0.6 is 0 Å². The lowest BCUT2D eigenvalue weighted by Crippen LogP contribution is -2.39. The van der Waals surface area contributed by atoms with Gasteiger partial charge in [0.05, 0.1) is 6.54 Å². The smallest absolute Gasteiger partial charge is 0.176 e. The molecule has 0 aromatic heterocycles. The van der Waals surface area contributed by atoms with E-state index < -0.39 is 0 Å². The summed E-state index contributed by atoms with van der Waals surface area (Å²) in [4.78, 5) is 14.4. The zero-order valence-electron chi connectivity index (χ0n) is 12.4. The maximum absolute atomic E-state index is 12.2. The highest BCUT2D eigenvalue weighted by Crippen LogP contribution is 2.36. The minimum absolute atomic E-state index is 0.230. The van der Waals surface area contributed by atoms with Crippen molar-refractivity contribution in [3.8, 4) is 0 Å². The van der Waals surface area contributed by atoms with Crippen molar-refractivity contribution in [3.05, 3.63) is 35.9 Å². The van der Waals surface area contributed by atoms with E-state index >= 15 is 0 Å². The van der Waals surface area contributed by atoms with Crippen molar-refractivity contribution in [2.45, 2.75) is 45.6 Å². The molecule has 2 rings (SSSR count).